The van der Waals surface area contributed by atoms with Gasteiger partial charge in [-0.1, -0.05) is 13.8 Å². The van der Waals surface area contributed by atoms with Gasteiger partial charge in [-0.05, 0) is 24.8 Å². The van der Waals surface area contributed by atoms with E-state index in [1.807, 2.05) is 0 Å². The molecule has 1 unspecified atom stereocenters. The van der Waals surface area contributed by atoms with Crippen LogP contribution in [0.15, 0.2) is 0 Å². The fourth-order valence-corrected chi connectivity index (χ4v) is 2.19. The van der Waals surface area contributed by atoms with Crippen molar-refractivity contribution in [1.82, 2.24) is 10.6 Å². The summed E-state index contributed by atoms with van der Waals surface area (Å²) in [5, 5.41) is 6.38. The molecule has 0 aromatic carbocycles. The van der Waals surface area contributed by atoms with Gasteiger partial charge in [-0.3, -0.25) is 4.79 Å². The fourth-order valence-electron chi connectivity index (χ4n) is 2.19. The van der Waals surface area contributed by atoms with Crippen LogP contribution in [-0.4, -0.2) is 52.0 Å². The van der Waals surface area contributed by atoms with Crippen LogP contribution in [0.5, 0.6) is 0 Å². The second-order valence-electron chi connectivity index (χ2n) is 5.45. The van der Waals surface area contributed by atoms with Crippen molar-refractivity contribution >= 4 is 18.3 Å². The maximum Gasteiger partial charge on any atom is 0.246 e. The van der Waals surface area contributed by atoms with Crippen molar-refractivity contribution in [2.45, 2.75) is 32.7 Å². The topological polar surface area (TPSA) is 59.6 Å². The molecule has 19 heavy (non-hydrogen) atoms. The Morgan fingerprint density at radius 3 is 2.79 bits per heavy atom. The molecule has 0 aromatic rings. The molecule has 1 atom stereocenters. The number of carbonyl (C=O) groups is 1. The summed E-state index contributed by atoms with van der Waals surface area (Å²) < 4.78 is 10.0. The lowest BCUT2D eigenvalue weighted by Crippen LogP contribution is -2.53. The highest BCUT2D eigenvalue weighted by atomic mass is 35.5. The number of piperidine rings is 1. The Morgan fingerprint density at radius 1 is 1.42 bits per heavy atom. The second kappa shape index (κ2) is 9.53. The molecule has 0 radical (unpaired) electrons. The molecule has 1 aliphatic rings. The summed E-state index contributed by atoms with van der Waals surface area (Å²) in [7, 11) is 1.61. The average Bonchev–Trinajstić information content (AvgIpc) is 2.33. The van der Waals surface area contributed by atoms with Crippen LogP contribution in [-0.2, 0) is 14.3 Å². The first-order valence-corrected chi connectivity index (χ1v) is 6.63. The molecule has 0 saturated carbocycles. The molecule has 1 fully saturated rings. The Labute approximate surface area is 122 Å². The van der Waals surface area contributed by atoms with Crippen LogP contribution in [0.3, 0.4) is 0 Å². The molecule has 2 N–H and O–H groups in total. The van der Waals surface area contributed by atoms with E-state index in [-0.39, 0.29) is 30.3 Å². The van der Waals surface area contributed by atoms with Gasteiger partial charge in [-0.2, -0.15) is 0 Å². The Morgan fingerprint density at radius 2 is 2.16 bits per heavy atom. The van der Waals surface area contributed by atoms with Crippen molar-refractivity contribution in [1.29, 1.82) is 0 Å². The van der Waals surface area contributed by atoms with E-state index in [0.717, 1.165) is 6.54 Å². The molecule has 0 aromatic heterocycles. The summed E-state index contributed by atoms with van der Waals surface area (Å²) in [6.07, 6.45) is 2.41. The number of carbonyl (C=O) groups excluding carboxylic acids is 1. The summed E-state index contributed by atoms with van der Waals surface area (Å²) in [5.41, 5.74) is 0.239. The number of halogens is 1. The predicted molar refractivity (Wildman–Crippen MR) is 77.8 cm³/mol. The third-order valence-electron chi connectivity index (χ3n) is 3.50. The molecule has 6 heteroatoms. The Kier molecular flexibility index (Phi) is 9.35. The molecule has 5 nitrogen and oxygen atoms in total. The van der Waals surface area contributed by atoms with Gasteiger partial charge >= 0.3 is 0 Å². The lowest BCUT2D eigenvalue weighted by Gasteiger charge is -2.39. The number of rotatable bonds is 7. The van der Waals surface area contributed by atoms with Crippen molar-refractivity contribution in [3.63, 3.8) is 0 Å². The summed E-state index contributed by atoms with van der Waals surface area (Å²) >= 11 is 0. The lowest BCUT2D eigenvalue weighted by molar-refractivity contribution is -0.126. The number of amides is 1. The number of nitrogens with one attached hydrogen (secondary N) is 2. The molecule has 1 amide bonds. The second-order valence-corrected chi connectivity index (χ2v) is 5.45. The zero-order chi connectivity index (χ0) is 13.4. The fraction of sp³-hybridized carbons (Fsp3) is 0.923. The average molecular weight is 295 g/mol. The van der Waals surface area contributed by atoms with Crippen molar-refractivity contribution < 1.29 is 14.3 Å². The summed E-state index contributed by atoms with van der Waals surface area (Å²) in [4.78, 5) is 11.6. The van der Waals surface area contributed by atoms with Gasteiger partial charge in [0, 0.05) is 19.7 Å². The van der Waals surface area contributed by atoms with Crippen molar-refractivity contribution in [2.24, 2.45) is 5.41 Å². The minimum atomic E-state index is -0.0609. The molecule has 0 spiro atoms. The van der Waals surface area contributed by atoms with Gasteiger partial charge in [0.2, 0.25) is 5.91 Å². The number of hydrogen-bond donors (Lipinski definition) is 2. The zero-order valence-corrected chi connectivity index (χ0v) is 13.0. The SMILES string of the molecule is COCCOCC(=O)NCC1NCCCC1(C)C.Cl. The number of ether oxygens (including phenoxy) is 2. The van der Waals surface area contributed by atoms with E-state index < -0.39 is 0 Å². The van der Waals surface area contributed by atoms with Gasteiger partial charge in [0.15, 0.2) is 0 Å². The van der Waals surface area contributed by atoms with Crippen LogP contribution in [0.25, 0.3) is 0 Å². The van der Waals surface area contributed by atoms with Crippen LogP contribution in [0, 0.1) is 5.41 Å². The van der Waals surface area contributed by atoms with Crippen LogP contribution >= 0.6 is 12.4 Å². The summed E-state index contributed by atoms with van der Waals surface area (Å²) in [6.45, 7) is 7.27. The number of methoxy groups -OCH3 is 1. The molecule has 1 saturated heterocycles. The smallest absolute Gasteiger partial charge is 0.246 e. The molecule has 0 aliphatic carbocycles. The van der Waals surface area contributed by atoms with Gasteiger partial charge in [0.05, 0.1) is 13.2 Å². The van der Waals surface area contributed by atoms with Crippen LogP contribution in [0.4, 0.5) is 0 Å². The minimum absolute atomic E-state index is 0. The first-order chi connectivity index (χ1) is 8.56. The normalized spacial score (nSPS) is 21.5. The number of hydrogen-bond acceptors (Lipinski definition) is 4. The van der Waals surface area contributed by atoms with Gasteiger partial charge in [0.1, 0.15) is 6.61 Å². The quantitative estimate of drug-likeness (QED) is 0.687. The first kappa shape index (κ1) is 18.6. The van der Waals surface area contributed by atoms with E-state index in [1.54, 1.807) is 7.11 Å². The zero-order valence-electron chi connectivity index (χ0n) is 12.2. The monoisotopic (exact) mass is 294 g/mol. The van der Waals surface area contributed by atoms with E-state index in [2.05, 4.69) is 24.5 Å². The lowest BCUT2D eigenvalue weighted by atomic mass is 9.77. The highest BCUT2D eigenvalue weighted by Gasteiger charge is 2.31. The van der Waals surface area contributed by atoms with E-state index in [4.69, 9.17) is 9.47 Å². The van der Waals surface area contributed by atoms with Gasteiger partial charge < -0.3 is 20.1 Å². The van der Waals surface area contributed by atoms with E-state index in [0.29, 0.717) is 25.8 Å². The van der Waals surface area contributed by atoms with E-state index >= 15 is 0 Å². The van der Waals surface area contributed by atoms with Gasteiger partial charge in [-0.15, -0.1) is 12.4 Å². The molecular formula is C13H27ClN2O3. The predicted octanol–water partition coefficient (Wildman–Crippen LogP) is 0.966. The van der Waals surface area contributed by atoms with Crippen LogP contribution in [0.1, 0.15) is 26.7 Å². The van der Waals surface area contributed by atoms with Crippen molar-refractivity contribution in [3.05, 3.63) is 0 Å². The Hall–Kier alpha value is -0.360. The first-order valence-electron chi connectivity index (χ1n) is 6.63. The summed E-state index contributed by atoms with van der Waals surface area (Å²) in [5.74, 6) is -0.0609. The maximum atomic E-state index is 11.6. The van der Waals surface area contributed by atoms with E-state index in [9.17, 15) is 4.79 Å². The summed E-state index contributed by atoms with van der Waals surface area (Å²) in [6, 6.07) is 0.342. The molecular weight excluding hydrogens is 268 g/mol. The Balaban J connectivity index is 0.00000324. The molecule has 1 heterocycles. The van der Waals surface area contributed by atoms with Gasteiger partial charge in [-0.25, -0.2) is 0 Å². The maximum absolute atomic E-state index is 11.6. The molecule has 114 valence electrons. The van der Waals surface area contributed by atoms with Crippen molar-refractivity contribution in [3.8, 4) is 0 Å². The molecule has 0 bridgehead atoms. The highest BCUT2D eigenvalue weighted by Crippen LogP contribution is 2.29. The highest BCUT2D eigenvalue weighted by molar-refractivity contribution is 5.85. The minimum Gasteiger partial charge on any atom is -0.382 e. The molecule has 1 aliphatic heterocycles. The molecule has 1 rings (SSSR count). The largest absolute Gasteiger partial charge is 0.382 e. The van der Waals surface area contributed by atoms with Crippen LogP contribution in [0.2, 0.25) is 0 Å². The Bertz CT molecular complexity index is 262. The van der Waals surface area contributed by atoms with E-state index in [1.165, 1.54) is 12.8 Å². The van der Waals surface area contributed by atoms with Crippen molar-refractivity contribution in [2.75, 3.05) is 40.0 Å². The third-order valence-corrected chi connectivity index (χ3v) is 3.50. The standard InChI is InChI=1S/C13H26N2O3.ClH/c1-13(2)5-4-6-14-11(13)9-15-12(16)10-18-8-7-17-3;/h11,14H,4-10H2,1-3H3,(H,15,16);1H. The van der Waals surface area contributed by atoms with Gasteiger partial charge in [0.25, 0.3) is 0 Å². The third kappa shape index (κ3) is 7.11. The van der Waals surface area contributed by atoms with Crippen LogP contribution < -0.4 is 10.6 Å².